The molecule has 7 heteroatoms. The number of rotatable bonds is 4. The summed E-state index contributed by atoms with van der Waals surface area (Å²) in [6.45, 7) is 8.04. The molecule has 2 aromatic carbocycles. The third-order valence-corrected chi connectivity index (χ3v) is 8.43. The van der Waals surface area contributed by atoms with Crippen LogP contribution in [-0.2, 0) is 19.5 Å². The molecule has 0 unspecified atom stereocenters. The highest BCUT2D eigenvalue weighted by molar-refractivity contribution is 7.20. The zero-order valence-electron chi connectivity index (χ0n) is 20.0. The second-order valence-electron chi connectivity index (χ2n) is 9.43. The van der Waals surface area contributed by atoms with Crippen molar-refractivity contribution >= 4 is 33.3 Å². The van der Waals surface area contributed by atoms with Gasteiger partial charge in [-0.1, -0.05) is 54.6 Å². The van der Waals surface area contributed by atoms with Crippen molar-refractivity contribution in [1.29, 1.82) is 0 Å². The van der Waals surface area contributed by atoms with E-state index in [4.69, 9.17) is 0 Å². The minimum absolute atomic E-state index is 0.125. The average molecular weight is 484 g/mol. The van der Waals surface area contributed by atoms with E-state index in [0.29, 0.717) is 0 Å². The Kier molecular flexibility index (Phi) is 5.96. The first-order valence-electron chi connectivity index (χ1n) is 12.3. The van der Waals surface area contributed by atoms with Crippen LogP contribution in [0.15, 0.2) is 60.9 Å². The normalized spacial score (nSPS) is 16.5. The van der Waals surface area contributed by atoms with Crippen LogP contribution in [0, 0.1) is 6.92 Å². The highest BCUT2D eigenvalue weighted by atomic mass is 32.1. The van der Waals surface area contributed by atoms with Crippen LogP contribution in [0.4, 0.5) is 5.82 Å². The summed E-state index contributed by atoms with van der Waals surface area (Å²) in [5.74, 6) is 1.07. The van der Waals surface area contributed by atoms with E-state index in [-0.39, 0.29) is 5.91 Å². The highest BCUT2D eigenvalue weighted by Crippen LogP contribution is 2.37. The number of nitrogens with zero attached hydrogens (tertiary/aromatic N) is 5. The molecule has 0 atom stereocenters. The van der Waals surface area contributed by atoms with Gasteiger partial charge in [-0.15, -0.1) is 11.3 Å². The van der Waals surface area contributed by atoms with Crippen molar-refractivity contribution in [3.05, 3.63) is 88.1 Å². The lowest BCUT2D eigenvalue weighted by atomic mass is 9.99. The Morgan fingerprint density at radius 2 is 1.66 bits per heavy atom. The molecule has 0 spiro atoms. The molecule has 6 nitrogen and oxygen atoms in total. The molecule has 0 radical (unpaired) electrons. The zero-order valence-corrected chi connectivity index (χ0v) is 20.8. The lowest BCUT2D eigenvalue weighted by Gasteiger charge is -2.34. The first-order chi connectivity index (χ1) is 17.2. The third-order valence-electron chi connectivity index (χ3n) is 7.24. The first kappa shape index (κ1) is 22.2. The van der Waals surface area contributed by atoms with E-state index >= 15 is 0 Å². The molecule has 2 aromatic heterocycles. The molecule has 1 amide bonds. The van der Waals surface area contributed by atoms with Crippen molar-refractivity contribution in [3.63, 3.8) is 0 Å². The smallest absolute Gasteiger partial charge is 0.264 e. The van der Waals surface area contributed by atoms with E-state index in [9.17, 15) is 4.79 Å². The number of carbonyl (C=O) groups excluding carboxylic acids is 1. The number of aryl methyl sites for hydroxylation is 1. The summed E-state index contributed by atoms with van der Waals surface area (Å²) in [5.41, 5.74) is 5.09. The monoisotopic (exact) mass is 483 g/mol. The summed E-state index contributed by atoms with van der Waals surface area (Å²) in [4.78, 5) is 31.3. The summed E-state index contributed by atoms with van der Waals surface area (Å²) in [5, 5.41) is 1.03. The molecule has 0 bridgehead atoms. The van der Waals surface area contributed by atoms with Gasteiger partial charge in [0.2, 0.25) is 0 Å². The van der Waals surface area contributed by atoms with Gasteiger partial charge in [-0.05, 0) is 35.6 Å². The van der Waals surface area contributed by atoms with Gasteiger partial charge in [-0.3, -0.25) is 9.69 Å². The number of hydrogen-bond acceptors (Lipinski definition) is 6. The van der Waals surface area contributed by atoms with Crippen LogP contribution in [0.5, 0.6) is 0 Å². The Morgan fingerprint density at radius 1 is 0.914 bits per heavy atom. The van der Waals surface area contributed by atoms with Crippen molar-refractivity contribution in [1.82, 2.24) is 19.8 Å². The van der Waals surface area contributed by atoms with E-state index in [1.165, 1.54) is 28.0 Å². The fourth-order valence-corrected chi connectivity index (χ4v) is 6.38. The van der Waals surface area contributed by atoms with Gasteiger partial charge in [-0.25, -0.2) is 9.97 Å². The maximum absolute atomic E-state index is 13.6. The minimum atomic E-state index is 0.125. The number of aromatic nitrogens is 2. The molecule has 1 saturated heterocycles. The molecule has 2 aliphatic rings. The minimum Gasteiger partial charge on any atom is -0.351 e. The molecule has 4 aromatic rings. The van der Waals surface area contributed by atoms with Crippen LogP contribution in [0.1, 0.15) is 31.9 Å². The number of benzene rings is 2. The summed E-state index contributed by atoms with van der Waals surface area (Å²) in [7, 11) is 0. The van der Waals surface area contributed by atoms with E-state index in [2.05, 4.69) is 75.2 Å². The maximum Gasteiger partial charge on any atom is 0.264 e. The molecule has 35 heavy (non-hydrogen) atoms. The molecule has 0 N–H and O–H groups in total. The number of carbonyl (C=O) groups is 1. The van der Waals surface area contributed by atoms with Crippen molar-refractivity contribution < 1.29 is 4.79 Å². The number of thiophene rings is 1. The molecule has 1 fully saturated rings. The second kappa shape index (κ2) is 9.40. The van der Waals surface area contributed by atoms with Crippen molar-refractivity contribution in [2.24, 2.45) is 0 Å². The average Bonchev–Trinajstić information content (AvgIpc) is 3.25. The fraction of sp³-hybridized carbons (Fsp3) is 0.321. The van der Waals surface area contributed by atoms with Gasteiger partial charge in [0.1, 0.15) is 17.0 Å². The Labute approximate surface area is 209 Å². The lowest BCUT2D eigenvalue weighted by molar-refractivity contribution is 0.0632. The van der Waals surface area contributed by atoms with Crippen LogP contribution in [-0.4, -0.2) is 58.4 Å². The van der Waals surface area contributed by atoms with E-state index in [0.717, 1.165) is 78.7 Å². The second-order valence-corrected chi connectivity index (χ2v) is 10.4. The molecular weight excluding hydrogens is 454 g/mol. The Hall–Kier alpha value is -3.29. The topological polar surface area (TPSA) is 52.6 Å². The van der Waals surface area contributed by atoms with Gasteiger partial charge < -0.3 is 9.80 Å². The Balaban J connectivity index is 1.21. The van der Waals surface area contributed by atoms with Gasteiger partial charge >= 0.3 is 0 Å². The van der Waals surface area contributed by atoms with Crippen molar-refractivity contribution in [3.8, 4) is 0 Å². The van der Waals surface area contributed by atoms with Gasteiger partial charge in [0.05, 0.1) is 10.3 Å². The number of hydrogen-bond donors (Lipinski definition) is 0. The largest absolute Gasteiger partial charge is 0.351 e. The van der Waals surface area contributed by atoms with Crippen molar-refractivity contribution in [2.75, 3.05) is 37.6 Å². The van der Waals surface area contributed by atoms with Crippen LogP contribution in [0.3, 0.4) is 0 Å². The van der Waals surface area contributed by atoms with Gasteiger partial charge in [-0.2, -0.15) is 0 Å². The molecular formula is C28H29N5OS. The quantitative estimate of drug-likeness (QED) is 0.427. The molecule has 2 aliphatic heterocycles. The van der Waals surface area contributed by atoms with Crippen LogP contribution in [0.2, 0.25) is 0 Å². The summed E-state index contributed by atoms with van der Waals surface area (Å²) < 4.78 is 0. The van der Waals surface area contributed by atoms with Crippen LogP contribution in [0.25, 0.3) is 10.2 Å². The van der Waals surface area contributed by atoms with E-state index in [1.54, 1.807) is 6.33 Å². The Bertz CT molecular complexity index is 1360. The van der Waals surface area contributed by atoms with Crippen LogP contribution < -0.4 is 4.90 Å². The maximum atomic E-state index is 13.6. The number of piperazine rings is 1. The first-order valence-corrected chi connectivity index (χ1v) is 13.1. The molecule has 0 aliphatic carbocycles. The summed E-state index contributed by atoms with van der Waals surface area (Å²) in [6, 6.07) is 19.2. The lowest BCUT2D eigenvalue weighted by Crippen LogP contribution is -2.48. The molecule has 4 heterocycles. The zero-order chi connectivity index (χ0) is 23.8. The molecule has 6 rings (SSSR count). The third kappa shape index (κ3) is 4.30. The van der Waals surface area contributed by atoms with E-state index < -0.39 is 0 Å². The standard InChI is InChI=1S/C28H29N5OS/c1-20-24-26(33-12-11-22-9-5-6-10-23(22)18-33)29-19-30-27(24)35-25(20)28(34)32-15-13-31(14-16-32)17-21-7-3-2-4-8-21/h2-10,19H,11-18H2,1H3. The van der Waals surface area contributed by atoms with Gasteiger partial charge in [0, 0.05) is 45.8 Å². The summed E-state index contributed by atoms with van der Waals surface area (Å²) in [6.07, 6.45) is 2.65. The van der Waals surface area contributed by atoms with Crippen LogP contribution >= 0.6 is 11.3 Å². The van der Waals surface area contributed by atoms with E-state index in [1.807, 2.05) is 11.0 Å². The molecule has 0 saturated carbocycles. The SMILES string of the molecule is Cc1c(C(=O)N2CCN(Cc3ccccc3)CC2)sc2ncnc(N3CCc4ccccc4C3)c12. The summed E-state index contributed by atoms with van der Waals surface area (Å²) >= 11 is 1.51. The fourth-order valence-electron chi connectivity index (χ4n) is 5.27. The predicted molar refractivity (Wildman–Crippen MR) is 141 cm³/mol. The predicted octanol–water partition coefficient (Wildman–Crippen LogP) is 4.52. The van der Waals surface area contributed by atoms with Gasteiger partial charge in [0.25, 0.3) is 5.91 Å². The number of fused-ring (bicyclic) bond motifs is 2. The highest BCUT2D eigenvalue weighted by Gasteiger charge is 2.28. The van der Waals surface area contributed by atoms with Gasteiger partial charge in [0.15, 0.2) is 0 Å². The van der Waals surface area contributed by atoms with Crippen molar-refractivity contribution in [2.45, 2.75) is 26.4 Å². The number of anilines is 1. The number of amides is 1. The molecule has 178 valence electrons. The Morgan fingerprint density at radius 3 is 2.46 bits per heavy atom.